The number of carbonyl (C=O) groups is 6. The van der Waals surface area contributed by atoms with Gasteiger partial charge in [0.15, 0.2) is 0 Å². The summed E-state index contributed by atoms with van der Waals surface area (Å²) < 4.78 is 18.2. The highest BCUT2D eigenvalue weighted by atomic mass is 16.7. The number of amides is 5. The molecule has 80 heavy (non-hydrogen) atoms. The molecular formula is C60H59BN10O9. The van der Waals surface area contributed by atoms with E-state index in [2.05, 4.69) is 36.8 Å². The number of rotatable bonds is 7. The lowest BCUT2D eigenvalue weighted by Crippen LogP contribution is -2.41. The normalized spacial score (nSPS) is 16.2. The van der Waals surface area contributed by atoms with Crippen molar-refractivity contribution < 1.29 is 43.2 Å². The van der Waals surface area contributed by atoms with Crippen molar-refractivity contribution in [2.45, 2.75) is 77.8 Å². The molecule has 1 saturated heterocycles. The van der Waals surface area contributed by atoms with Crippen molar-refractivity contribution in [1.29, 1.82) is 0 Å². The second kappa shape index (κ2) is 21.5. The number of hydrogen-bond donors (Lipinski definition) is 7. The summed E-state index contributed by atoms with van der Waals surface area (Å²) in [6, 6.07) is 38.6. The molecule has 4 aromatic heterocycles. The number of aromatic amines is 1. The van der Waals surface area contributed by atoms with Gasteiger partial charge >= 0.3 is 13.1 Å². The molecule has 19 nitrogen and oxygen atoms in total. The summed E-state index contributed by atoms with van der Waals surface area (Å²) in [5, 5.41) is 33.3. The number of carboxylic acid groups (broad SMARTS) is 1. The fourth-order valence-corrected chi connectivity index (χ4v) is 10.4. The van der Waals surface area contributed by atoms with Crippen molar-refractivity contribution in [1.82, 2.24) is 39.8 Å². The molecule has 8 heterocycles. The molecule has 0 bridgehead atoms. The molecule has 1 fully saturated rings. The van der Waals surface area contributed by atoms with Crippen molar-refractivity contribution in [3.8, 4) is 11.3 Å². The monoisotopic (exact) mass is 1070 g/mol. The van der Waals surface area contributed by atoms with Crippen LogP contribution in [-0.4, -0.2) is 102 Å². The summed E-state index contributed by atoms with van der Waals surface area (Å²) in [6.07, 6.45) is 4.25. The Morgan fingerprint density at radius 3 is 1.44 bits per heavy atom. The van der Waals surface area contributed by atoms with E-state index in [9.17, 15) is 28.8 Å². The summed E-state index contributed by atoms with van der Waals surface area (Å²) in [5.74, 6) is -1.60. The minimum Gasteiger partial charge on any atom is -0.478 e. The van der Waals surface area contributed by atoms with Crippen LogP contribution in [0.5, 0.6) is 0 Å². The van der Waals surface area contributed by atoms with Gasteiger partial charge in [0, 0.05) is 106 Å². The van der Waals surface area contributed by atoms with Crippen LogP contribution in [0.2, 0.25) is 0 Å². The van der Waals surface area contributed by atoms with Crippen LogP contribution < -0.4 is 32.0 Å². The first kappa shape index (κ1) is 52.8. The zero-order chi connectivity index (χ0) is 55.9. The van der Waals surface area contributed by atoms with Gasteiger partial charge in [0.2, 0.25) is 0 Å². The van der Waals surface area contributed by atoms with Crippen molar-refractivity contribution in [2.24, 2.45) is 0 Å². The van der Waals surface area contributed by atoms with Crippen LogP contribution >= 0.6 is 0 Å². The molecule has 0 spiro atoms. The second-order valence-electron chi connectivity index (χ2n) is 21.2. The quantitative estimate of drug-likeness (QED) is 0.0754. The first-order valence-electron chi connectivity index (χ1n) is 26.7. The number of hydrogen-bond acceptors (Lipinski definition) is 9. The van der Waals surface area contributed by atoms with Gasteiger partial charge in [-0.2, -0.15) is 5.10 Å². The van der Waals surface area contributed by atoms with E-state index in [1.165, 1.54) is 0 Å². The predicted octanol–water partition coefficient (Wildman–Crippen LogP) is 8.22. The molecule has 13 rings (SSSR count). The number of carbonyl (C=O) groups excluding carboxylic acids is 5. The summed E-state index contributed by atoms with van der Waals surface area (Å²) in [7, 11) is -0.495. The SMILES string of the molecule is CC1(C)OB(c2cccc(NC(=O)c3ccc4cc5n(c4c3)CCCNC5=O)c2)OC1(C)C.O=C(Nc1cccc(-c2ccn[nH]2)c1)c1ccc2cc3n(c2c1)CCCNC3=O.O=C(O)c1ccc2cc3n(c2c1)CCCNC3=O. The zero-order valence-electron chi connectivity index (χ0n) is 44.6. The molecule has 7 N–H and O–H groups in total. The van der Waals surface area contributed by atoms with Crippen molar-refractivity contribution in [3.63, 3.8) is 0 Å². The average Bonchev–Trinajstić information content (AvgIpc) is 4.46. The Bertz CT molecular complexity index is 3910. The maximum atomic E-state index is 13.1. The lowest BCUT2D eigenvalue weighted by atomic mass is 9.79. The second-order valence-corrected chi connectivity index (χ2v) is 21.2. The number of aromatic carboxylic acids is 1. The molecule has 4 aliphatic heterocycles. The van der Waals surface area contributed by atoms with Gasteiger partial charge in [-0.25, -0.2) is 4.79 Å². The van der Waals surface area contributed by atoms with E-state index >= 15 is 0 Å². The Morgan fingerprint density at radius 1 is 0.550 bits per heavy atom. The number of aromatic nitrogens is 5. The maximum Gasteiger partial charge on any atom is 0.494 e. The van der Waals surface area contributed by atoms with E-state index in [-0.39, 0.29) is 35.1 Å². The van der Waals surface area contributed by atoms with Gasteiger partial charge in [0.05, 0.1) is 22.5 Å². The minimum absolute atomic E-state index is 0.0691. The fraction of sp³-hybridized carbons (Fsp3) is 0.250. The van der Waals surface area contributed by atoms with E-state index < -0.39 is 24.3 Å². The third-order valence-electron chi connectivity index (χ3n) is 15.3. The highest BCUT2D eigenvalue weighted by molar-refractivity contribution is 6.62. The highest BCUT2D eigenvalue weighted by Gasteiger charge is 2.51. The van der Waals surface area contributed by atoms with Crippen LogP contribution in [0, 0.1) is 0 Å². The smallest absolute Gasteiger partial charge is 0.478 e. The number of H-pyrrole nitrogens is 1. The average molecular weight is 1080 g/mol. The Morgan fingerprint density at radius 2 is 0.988 bits per heavy atom. The van der Waals surface area contributed by atoms with Crippen LogP contribution in [-0.2, 0) is 28.9 Å². The maximum absolute atomic E-state index is 13.1. The molecule has 20 heteroatoms. The Labute approximate surface area is 460 Å². The molecule has 0 unspecified atom stereocenters. The lowest BCUT2D eigenvalue weighted by molar-refractivity contribution is 0.00578. The molecular weight excluding hydrogens is 1020 g/mol. The fourth-order valence-electron chi connectivity index (χ4n) is 10.4. The first-order valence-corrected chi connectivity index (χ1v) is 26.7. The molecule has 4 aliphatic rings. The number of anilines is 2. The van der Waals surface area contributed by atoms with Gasteiger partial charge in [-0.1, -0.05) is 42.5 Å². The van der Waals surface area contributed by atoms with Crippen molar-refractivity contribution in [2.75, 3.05) is 30.3 Å². The van der Waals surface area contributed by atoms with E-state index in [0.29, 0.717) is 59.2 Å². The van der Waals surface area contributed by atoms with E-state index in [1.54, 1.807) is 36.5 Å². The Kier molecular flexibility index (Phi) is 14.2. The number of benzene rings is 5. The molecule has 5 aromatic carbocycles. The minimum atomic E-state index is -0.953. The molecule has 5 amide bonds. The summed E-state index contributed by atoms with van der Waals surface area (Å²) in [4.78, 5) is 73.3. The van der Waals surface area contributed by atoms with Crippen LogP contribution in [0.3, 0.4) is 0 Å². The summed E-state index contributed by atoms with van der Waals surface area (Å²) in [5.41, 5.74) is 8.99. The molecule has 9 aromatic rings. The molecule has 0 saturated carbocycles. The standard InChI is InChI=1S/C25H28BN3O4.C22H19N5O2.C13H12N2O3/c1-24(2)25(3,4)33-26(32-24)18-7-5-8-19(15-18)28-22(30)17-10-9-16-13-21-23(31)27-11-6-12-29(21)20(16)14-17;28-21(25-17-4-1-3-14(11-17)18-7-9-24-26-18)16-6-5-15-12-20-22(29)23-8-2-10-27(20)19(15)13-16;16-12-11-6-8-2-3-9(13(17)18)7-10(8)15(11)5-1-4-14-12/h5,7-10,13-15H,6,11-12H2,1-4H3,(H,27,31)(H,28,30);1,3-7,9,11-13H,2,8,10H2,(H,23,29)(H,24,26)(H,25,28);2-3,6-7H,1,4-5H2,(H,14,16)(H,17,18). The topological polar surface area (TPSA) is 245 Å². The number of fused-ring (bicyclic) bond motifs is 9. The lowest BCUT2D eigenvalue weighted by Gasteiger charge is -2.32. The van der Waals surface area contributed by atoms with Crippen LogP contribution in [0.1, 0.15) is 109 Å². The van der Waals surface area contributed by atoms with Gasteiger partial charge in [0.1, 0.15) is 17.1 Å². The Hall–Kier alpha value is -9.27. The number of nitrogens with zero attached hydrogens (tertiary/aromatic N) is 4. The van der Waals surface area contributed by atoms with E-state index in [1.807, 2.05) is 138 Å². The number of carboxylic acids is 1. The van der Waals surface area contributed by atoms with Gasteiger partial charge in [0.25, 0.3) is 29.5 Å². The van der Waals surface area contributed by atoms with Gasteiger partial charge in [-0.3, -0.25) is 29.1 Å². The van der Waals surface area contributed by atoms with Gasteiger partial charge < -0.3 is 54.7 Å². The third kappa shape index (κ3) is 10.6. The molecule has 406 valence electrons. The van der Waals surface area contributed by atoms with Crippen LogP contribution in [0.4, 0.5) is 11.4 Å². The van der Waals surface area contributed by atoms with E-state index in [4.69, 9.17) is 14.4 Å². The van der Waals surface area contributed by atoms with Gasteiger partial charge in [-0.05, 0) is 137 Å². The summed E-state index contributed by atoms with van der Waals surface area (Å²) in [6.45, 7) is 12.2. The third-order valence-corrected chi connectivity index (χ3v) is 15.3. The van der Waals surface area contributed by atoms with Gasteiger partial charge in [-0.15, -0.1) is 0 Å². The predicted molar refractivity (Wildman–Crippen MR) is 306 cm³/mol. The molecule has 0 aliphatic carbocycles. The van der Waals surface area contributed by atoms with E-state index in [0.717, 1.165) is 88.3 Å². The molecule has 0 radical (unpaired) electrons. The Balaban J connectivity index is 0.000000132. The molecule has 0 atom stereocenters. The first-order chi connectivity index (χ1) is 38.5. The van der Waals surface area contributed by atoms with Crippen LogP contribution in [0.15, 0.2) is 134 Å². The highest BCUT2D eigenvalue weighted by Crippen LogP contribution is 2.37. The summed E-state index contributed by atoms with van der Waals surface area (Å²) >= 11 is 0. The van der Waals surface area contributed by atoms with Crippen LogP contribution in [0.25, 0.3) is 44.0 Å². The largest absolute Gasteiger partial charge is 0.494 e. The number of aryl methyl sites for hydroxylation is 3. The zero-order valence-corrected chi connectivity index (χ0v) is 44.6. The number of nitrogens with one attached hydrogen (secondary N) is 6. The van der Waals surface area contributed by atoms with Crippen molar-refractivity contribution in [3.05, 3.63) is 167 Å². The van der Waals surface area contributed by atoms with Crippen molar-refractivity contribution >= 4 is 92.2 Å².